The van der Waals surface area contributed by atoms with Gasteiger partial charge in [0.1, 0.15) is 5.52 Å². The number of carbonyl (C=O) groups is 2. The highest BCUT2D eigenvalue weighted by Crippen LogP contribution is 2.29. The summed E-state index contributed by atoms with van der Waals surface area (Å²) in [5, 5.41) is 1.97. The second-order valence-electron chi connectivity index (χ2n) is 7.24. The molecule has 1 unspecified atom stereocenters. The van der Waals surface area contributed by atoms with Crippen molar-refractivity contribution in [1.82, 2.24) is 14.5 Å². The van der Waals surface area contributed by atoms with E-state index in [-0.39, 0.29) is 5.91 Å². The van der Waals surface area contributed by atoms with E-state index >= 15 is 0 Å². The van der Waals surface area contributed by atoms with Gasteiger partial charge in [-0.3, -0.25) is 19.3 Å². The van der Waals surface area contributed by atoms with Crippen LogP contribution in [-0.2, 0) is 4.74 Å². The van der Waals surface area contributed by atoms with Gasteiger partial charge in [0.05, 0.1) is 22.1 Å². The zero-order chi connectivity index (χ0) is 21.4. The number of rotatable bonds is 4. The SMILES string of the molecule is CCC(OC(=O)c1cccc2nccnc12)C(=O)n1c2ccccc2c2ccccc21. The zero-order valence-corrected chi connectivity index (χ0v) is 16.9. The normalized spacial score (nSPS) is 12.3. The molecule has 0 aliphatic carbocycles. The molecule has 0 amide bonds. The minimum absolute atomic E-state index is 0.278. The lowest BCUT2D eigenvalue weighted by atomic mass is 10.1. The first-order chi connectivity index (χ1) is 15.2. The maximum atomic E-state index is 13.6. The Morgan fingerprint density at radius 1 is 0.871 bits per heavy atom. The highest BCUT2D eigenvalue weighted by Gasteiger charge is 2.27. The number of hydrogen-bond donors (Lipinski definition) is 0. The van der Waals surface area contributed by atoms with Crippen molar-refractivity contribution in [3.8, 4) is 0 Å². The van der Waals surface area contributed by atoms with Gasteiger partial charge in [0.25, 0.3) is 5.91 Å². The minimum Gasteiger partial charge on any atom is -0.449 e. The highest BCUT2D eigenvalue weighted by atomic mass is 16.5. The van der Waals surface area contributed by atoms with Crippen molar-refractivity contribution in [2.75, 3.05) is 0 Å². The topological polar surface area (TPSA) is 74.1 Å². The summed E-state index contributed by atoms with van der Waals surface area (Å²) in [6.07, 6.45) is 2.51. The quantitative estimate of drug-likeness (QED) is 0.390. The number of nitrogens with zero attached hydrogens (tertiary/aromatic N) is 3. The van der Waals surface area contributed by atoms with Crippen LogP contribution in [0, 0.1) is 0 Å². The molecule has 0 aliphatic rings. The standard InChI is InChI=1S/C25H19N3O3/c1-2-22(31-25(30)18-10-7-11-19-23(18)27-15-14-26-19)24(29)28-20-12-5-3-8-16(20)17-9-4-6-13-21(17)28/h3-15,22H,2H2,1H3. The number of ether oxygens (including phenoxy) is 1. The number of fused-ring (bicyclic) bond motifs is 4. The van der Waals surface area contributed by atoms with Crippen LogP contribution in [0.1, 0.15) is 28.5 Å². The first kappa shape index (κ1) is 18.9. The summed E-state index contributed by atoms with van der Waals surface area (Å²) in [6.45, 7) is 1.83. The van der Waals surface area contributed by atoms with E-state index in [0.29, 0.717) is 23.0 Å². The molecule has 6 heteroatoms. The molecule has 31 heavy (non-hydrogen) atoms. The second-order valence-corrected chi connectivity index (χ2v) is 7.24. The molecule has 0 aliphatic heterocycles. The van der Waals surface area contributed by atoms with Crippen molar-refractivity contribution < 1.29 is 14.3 Å². The van der Waals surface area contributed by atoms with E-state index < -0.39 is 12.1 Å². The summed E-state index contributed by atoms with van der Waals surface area (Å²) < 4.78 is 7.35. The minimum atomic E-state index is -0.932. The molecule has 0 bridgehead atoms. The summed E-state index contributed by atoms with van der Waals surface area (Å²) >= 11 is 0. The smallest absolute Gasteiger partial charge is 0.341 e. The Morgan fingerprint density at radius 3 is 2.19 bits per heavy atom. The molecular formula is C25H19N3O3. The molecule has 0 radical (unpaired) electrons. The first-order valence-corrected chi connectivity index (χ1v) is 10.1. The van der Waals surface area contributed by atoms with Crippen LogP contribution < -0.4 is 0 Å². The second kappa shape index (κ2) is 7.65. The van der Waals surface area contributed by atoms with Crippen LogP contribution in [-0.4, -0.2) is 32.5 Å². The molecule has 152 valence electrons. The molecule has 2 aromatic heterocycles. The monoisotopic (exact) mass is 409 g/mol. The lowest BCUT2D eigenvalue weighted by Crippen LogP contribution is -2.31. The zero-order valence-electron chi connectivity index (χ0n) is 16.9. The number of benzene rings is 3. The van der Waals surface area contributed by atoms with Crippen LogP contribution >= 0.6 is 0 Å². The molecular weight excluding hydrogens is 390 g/mol. The van der Waals surface area contributed by atoms with Crippen molar-refractivity contribution >= 4 is 44.7 Å². The third-order valence-corrected chi connectivity index (χ3v) is 5.41. The third-order valence-electron chi connectivity index (χ3n) is 5.41. The Hall–Kier alpha value is -4.06. The van der Waals surface area contributed by atoms with Crippen molar-refractivity contribution in [3.63, 3.8) is 0 Å². The third kappa shape index (κ3) is 3.13. The molecule has 0 saturated heterocycles. The van der Waals surface area contributed by atoms with Crippen LogP contribution in [0.15, 0.2) is 79.1 Å². The van der Waals surface area contributed by atoms with Crippen molar-refractivity contribution in [3.05, 3.63) is 84.7 Å². The van der Waals surface area contributed by atoms with Crippen molar-refractivity contribution in [2.45, 2.75) is 19.4 Å². The molecule has 0 N–H and O–H groups in total. The predicted octanol–water partition coefficient (Wildman–Crippen LogP) is 5.01. The number of aromatic nitrogens is 3. The molecule has 0 saturated carbocycles. The Labute approximate surface area is 178 Å². The summed E-state index contributed by atoms with van der Waals surface area (Å²) in [5.41, 5.74) is 2.92. The van der Waals surface area contributed by atoms with Crippen LogP contribution in [0.5, 0.6) is 0 Å². The van der Waals surface area contributed by atoms with Gasteiger partial charge in [-0.1, -0.05) is 49.4 Å². The largest absolute Gasteiger partial charge is 0.449 e. The summed E-state index contributed by atoms with van der Waals surface area (Å²) in [4.78, 5) is 35.0. The van der Waals surface area contributed by atoms with Crippen LogP contribution in [0.4, 0.5) is 0 Å². The van der Waals surface area contributed by atoms with Gasteiger partial charge in [-0.05, 0) is 30.7 Å². The number of para-hydroxylation sites is 3. The van der Waals surface area contributed by atoms with E-state index in [4.69, 9.17) is 4.74 Å². The van der Waals surface area contributed by atoms with Gasteiger partial charge < -0.3 is 4.74 Å². The lowest BCUT2D eigenvalue weighted by Gasteiger charge is -2.17. The maximum absolute atomic E-state index is 13.6. The number of hydrogen-bond acceptors (Lipinski definition) is 5. The van der Waals surface area contributed by atoms with Gasteiger partial charge in [-0.2, -0.15) is 0 Å². The molecule has 5 rings (SSSR count). The Morgan fingerprint density at radius 2 is 1.52 bits per heavy atom. The van der Waals surface area contributed by atoms with Crippen molar-refractivity contribution in [1.29, 1.82) is 0 Å². The summed E-state index contributed by atoms with van der Waals surface area (Å²) in [7, 11) is 0. The van der Waals surface area contributed by atoms with Gasteiger partial charge in [-0.15, -0.1) is 0 Å². The van der Waals surface area contributed by atoms with E-state index in [2.05, 4.69) is 9.97 Å². The van der Waals surface area contributed by atoms with E-state index in [9.17, 15) is 9.59 Å². The molecule has 6 nitrogen and oxygen atoms in total. The van der Waals surface area contributed by atoms with Gasteiger partial charge in [0.15, 0.2) is 6.10 Å². The molecule has 0 spiro atoms. The Bertz CT molecular complexity index is 1400. The average molecular weight is 409 g/mol. The maximum Gasteiger partial charge on any atom is 0.341 e. The van der Waals surface area contributed by atoms with E-state index in [0.717, 1.165) is 21.8 Å². The van der Waals surface area contributed by atoms with Crippen LogP contribution in [0.3, 0.4) is 0 Å². The van der Waals surface area contributed by atoms with Crippen LogP contribution in [0.2, 0.25) is 0 Å². The molecule has 5 aromatic rings. The van der Waals surface area contributed by atoms with Gasteiger partial charge >= 0.3 is 5.97 Å². The van der Waals surface area contributed by atoms with Crippen LogP contribution in [0.25, 0.3) is 32.8 Å². The Balaban J connectivity index is 1.55. The molecule has 0 fully saturated rings. The fourth-order valence-corrected chi connectivity index (χ4v) is 3.96. The first-order valence-electron chi connectivity index (χ1n) is 10.1. The van der Waals surface area contributed by atoms with E-state index in [1.165, 1.54) is 6.20 Å². The van der Waals surface area contributed by atoms with Crippen molar-refractivity contribution in [2.24, 2.45) is 0 Å². The van der Waals surface area contributed by atoms with Gasteiger partial charge in [0, 0.05) is 23.2 Å². The Kier molecular flexibility index (Phi) is 4.67. The average Bonchev–Trinajstić information content (AvgIpc) is 3.16. The lowest BCUT2D eigenvalue weighted by molar-refractivity contribution is 0.0246. The van der Waals surface area contributed by atoms with E-state index in [1.807, 2.05) is 55.5 Å². The molecule has 3 aromatic carbocycles. The summed E-state index contributed by atoms with van der Waals surface area (Å²) in [5.74, 6) is -0.869. The van der Waals surface area contributed by atoms with Gasteiger partial charge in [-0.25, -0.2) is 4.79 Å². The fourth-order valence-electron chi connectivity index (χ4n) is 3.96. The number of carbonyl (C=O) groups excluding carboxylic acids is 2. The fraction of sp³-hybridized carbons (Fsp3) is 0.120. The van der Waals surface area contributed by atoms with Gasteiger partial charge in [0.2, 0.25) is 0 Å². The highest BCUT2D eigenvalue weighted by molar-refractivity contribution is 6.14. The predicted molar refractivity (Wildman–Crippen MR) is 119 cm³/mol. The van der Waals surface area contributed by atoms with E-state index in [1.54, 1.807) is 29.0 Å². The summed E-state index contributed by atoms with van der Waals surface area (Å²) in [6, 6.07) is 20.6. The number of esters is 1. The molecule has 2 heterocycles. The molecule has 1 atom stereocenters.